The molecule has 1 aromatic carbocycles. The number of rotatable bonds is 13. The number of ether oxygens (including phenoxy) is 1. The summed E-state index contributed by atoms with van der Waals surface area (Å²) < 4.78 is 5.25. The number of likely N-dealkylation sites (N-methyl/N-ethyl adjacent to an activating group) is 1. The second-order valence-electron chi connectivity index (χ2n) is 7.63. The molecule has 1 aromatic heterocycles. The van der Waals surface area contributed by atoms with Crippen LogP contribution in [0.5, 0.6) is 5.75 Å². The molecular formula is C26H35N3O2. The average molecular weight is 422 g/mol. The summed E-state index contributed by atoms with van der Waals surface area (Å²) in [5.41, 5.74) is 3.56. The van der Waals surface area contributed by atoms with Gasteiger partial charge >= 0.3 is 0 Å². The van der Waals surface area contributed by atoms with E-state index in [9.17, 15) is 4.79 Å². The number of unbranched alkanes of at least 4 members (excludes halogenated alkanes) is 2. The number of aromatic nitrogens is 1. The molecule has 0 aliphatic carbocycles. The Bertz CT molecular complexity index is 829. The highest BCUT2D eigenvalue weighted by atomic mass is 16.5. The minimum absolute atomic E-state index is 0.0753. The van der Waals surface area contributed by atoms with Gasteiger partial charge in [0.25, 0.3) is 0 Å². The molecule has 0 atom stereocenters. The van der Waals surface area contributed by atoms with Gasteiger partial charge in [-0.15, -0.1) is 0 Å². The van der Waals surface area contributed by atoms with Gasteiger partial charge in [0.15, 0.2) is 0 Å². The van der Waals surface area contributed by atoms with Crippen LogP contribution in [0.3, 0.4) is 0 Å². The van der Waals surface area contributed by atoms with E-state index in [1.807, 2.05) is 43.6 Å². The number of methoxy groups -OCH3 is 1. The van der Waals surface area contributed by atoms with E-state index in [-0.39, 0.29) is 5.91 Å². The van der Waals surface area contributed by atoms with Crippen LogP contribution in [0.1, 0.15) is 43.7 Å². The number of nitrogens with one attached hydrogen (secondary N) is 1. The van der Waals surface area contributed by atoms with Crippen LogP contribution in [-0.4, -0.2) is 43.0 Å². The molecule has 31 heavy (non-hydrogen) atoms. The summed E-state index contributed by atoms with van der Waals surface area (Å²) in [5.74, 6) is 0.772. The summed E-state index contributed by atoms with van der Waals surface area (Å²) in [7, 11) is 3.71. The van der Waals surface area contributed by atoms with E-state index in [0.717, 1.165) is 37.2 Å². The number of hydrogen-bond acceptors (Lipinski definition) is 4. The maximum Gasteiger partial charge on any atom is 0.244 e. The van der Waals surface area contributed by atoms with Gasteiger partial charge in [-0.3, -0.25) is 9.78 Å². The second-order valence-corrected chi connectivity index (χ2v) is 7.63. The topological polar surface area (TPSA) is 54.5 Å². The van der Waals surface area contributed by atoms with E-state index in [2.05, 4.69) is 40.3 Å². The highest BCUT2D eigenvalue weighted by Crippen LogP contribution is 2.23. The maximum absolute atomic E-state index is 12.2. The predicted molar refractivity (Wildman–Crippen MR) is 128 cm³/mol. The van der Waals surface area contributed by atoms with Crippen LogP contribution in [0.15, 0.2) is 67.0 Å². The Hall–Kier alpha value is -2.92. The Kier molecular flexibility index (Phi) is 11.1. The lowest BCUT2D eigenvalue weighted by atomic mass is 9.99. The normalized spacial score (nSPS) is 11.8. The van der Waals surface area contributed by atoms with E-state index in [0.29, 0.717) is 6.54 Å². The molecule has 5 nitrogen and oxygen atoms in total. The summed E-state index contributed by atoms with van der Waals surface area (Å²) in [6.45, 7) is 4.39. The Morgan fingerprint density at radius 3 is 2.68 bits per heavy atom. The fourth-order valence-electron chi connectivity index (χ4n) is 3.26. The molecule has 2 rings (SSSR count). The molecule has 0 saturated carbocycles. The van der Waals surface area contributed by atoms with Crippen LogP contribution in [0, 0.1) is 0 Å². The number of nitrogens with zero attached hydrogens (tertiary/aromatic N) is 2. The fourth-order valence-corrected chi connectivity index (χ4v) is 3.26. The molecule has 0 unspecified atom stereocenters. The van der Waals surface area contributed by atoms with Crippen molar-refractivity contribution in [1.29, 1.82) is 0 Å². The predicted octanol–water partition coefficient (Wildman–Crippen LogP) is 4.86. The summed E-state index contributed by atoms with van der Waals surface area (Å²) in [4.78, 5) is 18.5. The Morgan fingerprint density at radius 2 is 2.00 bits per heavy atom. The zero-order valence-corrected chi connectivity index (χ0v) is 19.0. The monoisotopic (exact) mass is 421 g/mol. The number of carbonyl (C=O) groups excluding carboxylic acids is 1. The van der Waals surface area contributed by atoms with Gasteiger partial charge in [-0.1, -0.05) is 50.1 Å². The third-order valence-corrected chi connectivity index (χ3v) is 5.02. The molecule has 166 valence electrons. The molecule has 1 N–H and O–H groups in total. The number of allylic oxidation sites excluding steroid dienone is 3. The van der Waals surface area contributed by atoms with E-state index < -0.39 is 0 Å². The lowest BCUT2D eigenvalue weighted by Gasteiger charge is -2.16. The summed E-state index contributed by atoms with van der Waals surface area (Å²) in [5, 5.41) is 2.95. The molecule has 0 spiro atoms. The third kappa shape index (κ3) is 9.62. The standard InChI is InChI=1S/C26H35N3O2/c1-4-5-6-10-23(24-13-15-25(31-3)16-14-24)11-7-12-26(30)28-18-19-29(2)21-22-9-8-17-27-20-22/h7-9,11-17,20H,4-6,10,18-19,21H2,1-3H3,(H,28,30). The first-order chi connectivity index (χ1) is 15.1. The Morgan fingerprint density at radius 1 is 1.19 bits per heavy atom. The van der Waals surface area contributed by atoms with Crippen molar-refractivity contribution in [3.63, 3.8) is 0 Å². The van der Waals surface area contributed by atoms with Crippen LogP contribution >= 0.6 is 0 Å². The first kappa shape index (κ1) is 24.4. The second kappa shape index (κ2) is 14.1. The number of carbonyl (C=O) groups is 1. The van der Waals surface area contributed by atoms with Gasteiger partial charge < -0.3 is 15.0 Å². The minimum atomic E-state index is -0.0753. The van der Waals surface area contributed by atoms with Gasteiger partial charge in [-0.25, -0.2) is 0 Å². The molecule has 5 heteroatoms. The van der Waals surface area contributed by atoms with Crippen LogP contribution in [0.25, 0.3) is 5.57 Å². The van der Waals surface area contributed by atoms with Crippen LogP contribution in [0.4, 0.5) is 0 Å². The van der Waals surface area contributed by atoms with Crippen molar-refractivity contribution in [3.05, 3.63) is 78.1 Å². The number of benzene rings is 1. The number of amides is 1. The summed E-state index contributed by atoms with van der Waals surface area (Å²) in [6.07, 6.45) is 13.6. The highest BCUT2D eigenvalue weighted by Gasteiger charge is 2.03. The van der Waals surface area contributed by atoms with Crippen molar-refractivity contribution in [2.45, 2.75) is 39.2 Å². The largest absolute Gasteiger partial charge is 0.497 e. The number of pyridine rings is 1. The average Bonchev–Trinajstić information content (AvgIpc) is 2.79. The molecular weight excluding hydrogens is 386 g/mol. The van der Waals surface area contributed by atoms with E-state index >= 15 is 0 Å². The first-order valence-electron chi connectivity index (χ1n) is 11.0. The zero-order valence-electron chi connectivity index (χ0n) is 19.0. The van der Waals surface area contributed by atoms with Crippen molar-refractivity contribution in [3.8, 4) is 5.75 Å². The summed E-state index contributed by atoms with van der Waals surface area (Å²) in [6, 6.07) is 12.1. The molecule has 0 radical (unpaired) electrons. The molecule has 0 aliphatic rings. The lowest BCUT2D eigenvalue weighted by Crippen LogP contribution is -2.31. The molecule has 0 fully saturated rings. The fraction of sp³-hybridized carbons (Fsp3) is 0.385. The van der Waals surface area contributed by atoms with Gasteiger partial charge in [0.05, 0.1) is 7.11 Å². The molecule has 0 aliphatic heterocycles. The first-order valence-corrected chi connectivity index (χ1v) is 11.0. The Labute approximate surface area is 186 Å². The zero-order chi connectivity index (χ0) is 22.3. The smallest absolute Gasteiger partial charge is 0.244 e. The maximum atomic E-state index is 12.2. The molecule has 1 amide bonds. The SMILES string of the molecule is CCCCCC(=CC=CC(=O)NCCN(C)Cc1cccnc1)c1ccc(OC)cc1. The van der Waals surface area contributed by atoms with Crippen molar-refractivity contribution in [1.82, 2.24) is 15.2 Å². The quantitative estimate of drug-likeness (QED) is 0.285. The van der Waals surface area contributed by atoms with Crippen LogP contribution in [-0.2, 0) is 11.3 Å². The van der Waals surface area contributed by atoms with E-state index in [4.69, 9.17) is 4.74 Å². The van der Waals surface area contributed by atoms with Crippen molar-refractivity contribution >= 4 is 11.5 Å². The van der Waals surface area contributed by atoms with Crippen LogP contribution in [0.2, 0.25) is 0 Å². The van der Waals surface area contributed by atoms with E-state index in [1.165, 1.54) is 24.0 Å². The molecule has 0 bridgehead atoms. The van der Waals surface area contributed by atoms with Gasteiger partial charge in [-0.2, -0.15) is 0 Å². The molecule has 1 heterocycles. The van der Waals surface area contributed by atoms with Gasteiger partial charge in [0, 0.05) is 38.1 Å². The third-order valence-electron chi connectivity index (χ3n) is 5.02. The van der Waals surface area contributed by atoms with Gasteiger partial charge in [0.1, 0.15) is 5.75 Å². The number of hydrogen-bond donors (Lipinski definition) is 1. The summed E-state index contributed by atoms with van der Waals surface area (Å²) >= 11 is 0. The van der Waals surface area contributed by atoms with Crippen molar-refractivity contribution in [2.75, 3.05) is 27.2 Å². The van der Waals surface area contributed by atoms with Crippen LogP contribution < -0.4 is 10.1 Å². The van der Waals surface area contributed by atoms with E-state index in [1.54, 1.807) is 19.4 Å². The Balaban J connectivity index is 1.84. The lowest BCUT2D eigenvalue weighted by molar-refractivity contribution is -0.116. The van der Waals surface area contributed by atoms with Crippen molar-refractivity contribution < 1.29 is 9.53 Å². The van der Waals surface area contributed by atoms with Gasteiger partial charge in [0.2, 0.25) is 5.91 Å². The van der Waals surface area contributed by atoms with Gasteiger partial charge in [-0.05, 0) is 54.8 Å². The molecule has 2 aromatic rings. The van der Waals surface area contributed by atoms with Crippen molar-refractivity contribution in [2.24, 2.45) is 0 Å². The minimum Gasteiger partial charge on any atom is -0.497 e. The highest BCUT2D eigenvalue weighted by molar-refractivity contribution is 5.88. The molecule has 0 saturated heterocycles.